The topological polar surface area (TPSA) is 52.0 Å². The molecule has 2 aromatic rings. The van der Waals surface area contributed by atoms with Crippen LogP contribution in [-0.2, 0) is 6.54 Å². The van der Waals surface area contributed by atoms with Crippen molar-refractivity contribution >= 4 is 5.69 Å². The molecule has 0 aliphatic rings. The van der Waals surface area contributed by atoms with Crippen molar-refractivity contribution in [3.8, 4) is 5.69 Å². The SMILES string of the molecule is CCC[n+]1ccn(-c2ccc([N+](=O)[O-])cc2)c1. The van der Waals surface area contributed by atoms with Gasteiger partial charge >= 0.3 is 0 Å². The molecule has 0 saturated carbocycles. The van der Waals surface area contributed by atoms with Gasteiger partial charge in [0.25, 0.3) is 5.69 Å². The number of hydrogen-bond donors (Lipinski definition) is 0. The smallest absolute Gasteiger partial charge is 0.258 e. The number of hydrogen-bond acceptors (Lipinski definition) is 2. The molecule has 0 N–H and O–H groups in total. The Bertz CT molecular complexity index is 517. The van der Waals surface area contributed by atoms with Gasteiger partial charge in [0.05, 0.1) is 11.5 Å². The van der Waals surface area contributed by atoms with Gasteiger partial charge in [-0.1, -0.05) is 6.92 Å². The molecule has 0 aliphatic carbocycles. The Hall–Kier alpha value is -2.17. The Morgan fingerprint density at radius 2 is 2.06 bits per heavy atom. The van der Waals surface area contributed by atoms with E-state index >= 15 is 0 Å². The molecule has 0 spiro atoms. The molecule has 0 unspecified atom stereocenters. The first-order valence-corrected chi connectivity index (χ1v) is 5.52. The molecule has 1 aromatic carbocycles. The molecule has 0 bridgehead atoms. The van der Waals surface area contributed by atoms with Crippen molar-refractivity contribution < 1.29 is 9.49 Å². The van der Waals surface area contributed by atoms with Crippen molar-refractivity contribution in [1.29, 1.82) is 0 Å². The van der Waals surface area contributed by atoms with Crippen molar-refractivity contribution in [2.45, 2.75) is 19.9 Å². The lowest BCUT2D eigenvalue weighted by Crippen LogP contribution is -2.30. The lowest BCUT2D eigenvalue weighted by Gasteiger charge is -1.95. The standard InChI is InChI=1S/C12H14N3O2/c1-2-7-13-8-9-14(10-13)11-3-5-12(6-4-11)15(16)17/h3-6,8-10H,2,7H2,1H3/q+1. The number of aryl methyl sites for hydroxylation is 1. The molecule has 0 fully saturated rings. The number of rotatable bonds is 4. The maximum Gasteiger partial charge on any atom is 0.269 e. The fraction of sp³-hybridized carbons (Fsp3) is 0.250. The second-order valence-electron chi connectivity index (χ2n) is 3.83. The summed E-state index contributed by atoms with van der Waals surface area (Å²) in [5.41, 5.74) is 1.03. The van der Waals surface area contributed by atoms with E-state index in [-0.39, 0.29) is 5.69 Å². The van der Waals surface area contributed by atoms with Gasteiger partial charge in [-0.2, -0.15) is 0 Å². The van der Waals surface area contributed by atoms with E-state index in [4.69, 9.17) is 0 Å². The second-order valence-corrected chi connectivity index (χ2v) is 3.83. The molecule has 88 valence electrons. The quantitative estimate of drug-likeness (QED) is 0.460. The molecule has 0 aliphatic heterocycles. The van der Waals surface area contributed by atoms with Crippen LogP contribution in [0.2, 0.25) is 0 Å². The van der Waals surface area contributed by atoms with E-state index in [1.165, 1.54) is 12.1 Å². The van der Waals surface area contributed by atoms with Crippen molar-refractivity contribution in [1.82, 2.24) is 4.57 Å². The van der Waals surface area contributed by atoms with E-state index in [1.807, 2.05) is 23.3 Å². The van der Waals surface area contributed by atoms with Gasteiger partial charge in [0.2, 0.25) is 6.33 Å². The first-order valence-electron chi connectivity index (χ1n) is 5.52. The van der Waals surface area contributed by atoms with Crippen LogP contribution in [0.1, 0.15) is 13.3 Å². The van der Waals surface area contributed by atoms with Crippen LogP contribution in [0.4, 0.5) is 5.69 Å². The van der Waals surface area contributed by atoms with Crippen molar-refractivity contribution in [2.75, 3.05) is 0 Å². The van der Waals surface area contributed by atoms with Crippen molar-refractivity contribution in [3.05, 3.63) is 53.1 Å². The summed E-state index contributed by atoms with van der Waals surface area (Å²) in [5, 5.41) is 10.5. The zero-order valence-corrected chi connectivity index (χ0v) is 9.61. The molecule has 0 radical (unpaired) electrons. The summed E-state index contributed by atoms with van der Waals surface area (Å²) in [5.74, 6) is 0. The third-order valence-electron chi connectivity index (χ3n) is 2.53. The van der Waals surface area contributed by atoms with Crippen LogP contribution in [0.25, 0.3) is 5.69 Å². The lowest BCUT2D eigenvalue weighted by molar-refractivity contribution is -0.696. The Morgan fingerprint density at radius 3 is 2.65 bits per heavy atom. The molecule has 0 amide bonds. The van der Waals surface area contributed by atoms with Gasteiger partial charge in [0, 0.05) is 12.1 Å². The largest absolute Gasteiger partial charge is 0.269 e. The number of non-ortho nitro benzene ring substituents is 1. The molecular weight excluding hydrogens is 218 g/mol. The van der Waals surface area contributed by atoms with E-state index in [2.05, 4.69) is 11.5 Å². The van der Waals surface area contributed by atoms with Gasteiger partial charge < -0.3 is 0 Å². The zero-order valence-electron chi connectivity index (χ0n) is 9.61. The first kappa shape index (κ1) is 11.3. The van der Waals surface area contributed by atoms with Crippen molar-refractivity contribution in [2.24, 2.45) is 0 Å². The molecule has 5 heteroatoms. The van der Waals surface area contributed by atoms with E-state index in [9.17, 15) is 10.1 Å². The van der Waals surface area contributed by atoms with Crippen LogP contribution < -0.4 is 4.57 Å². The van der Waals surface area contributed by atoms with E-state index < -0.39 is 4.92 Å². The molecule has 17 heavy (non-hydrogen) atoms. The maximum absolute atomic E-state index is 10.5. The fourth-order valence-corrected chi connectivity index (χ4v) is 1.68. The average Bonchev–Trinajstić information content (AvgIpc) is 2.78. The summed E-state index contributed by atoms with van der Waals surface area (Å²) in [4.78, 5) is 10.1. The molecule has 2 rings (SSSR count). The van der Waals surface area contributed by atoms with Crippen LogP contribution in [0.5, 0.6) is 0 Å². The summed E-state index contributed by atoms with van der Waals surface area (Å²) in [6.45, 7) is 3.09. The zero-order chi connectivity index (χ0) is 12.3. The monoisotopic (exact) mass is 232 g/mol. The van der Waals surface area contributed by atoms with Gasteiger partial charge in [-0.3, -0.25) is 10.1 Å². The lowest BCUT2D eigenvalue weighted by atomic mass is 10.3. The van der Waals surface area contributed by atoms with Crippen LogP contribution >= 0.6 is 0 Å². The number of nitro benzene ring substituents is 1. The fourth-order valence-electron chi connectivity index (χ4n) is 1.68. The van der Waals surface area contributed by atoms with Gasteiger partial charge in [0.1, 0.15) is 18.1 Å². The summed E-state index contributed by atoms with van der Waals surface area (Å²) in [6.07, 6.45) is 6.99. The summed E-state index contributed by atoms with van der Waals surface area (Å²) < 4.78 is 4.03. The molecule has 0 saturated heterocycles. The number of aromatic nitrogens is 2. The Labute approximate surface area is 99.1 Å². The third kappa shape index (κ3) is 2.50. The van der Waals surface area contributed by atoms with Gasteiger partial charge in [-0.05, 0) is 18.6 Å². The predicted octanol–water partition coefficient (Wildman–Crippen LogP) is 2.08. The molecule has 1 aromatic heterocycles. The van der Waals surface area contributed by atoms with Crippen LogP contribution in [0, 0.1) is 10.1 Å². The van der Waals surface area contributed by atoms with Crippen LogP contribution in [0.3, 0.4) is 0 Å². The predicted molar refractivity (Wildman–Crippen MR) is 62.9 cm³/mol. The van der Waals surface area contributed by atoms with Crippen molar-refractivity contribution in [3.63, 3.8) is 0 Å². The van der Waals surface area contributed by atoms with E-state index in [0.29, 0.717) is 0 Å². The maximum atomic E-state index is 10.5. The minimum atomic E-state index is -0.392. The highest BCUT2D eigenvalue weighted by Crippen LogP contribution is 2.14. The Balaban J connectivity index is 2.23. The highest BCUT2D eigenvalue weighted by Gasteiger charge is 2.09. The van der Waals surface area contributed by atoms with Gasteiger partial charge in [-0.15, -0.1) is 0 Å². The van der Waals surface area contributed by atoms with Crippen LogP contribution in [-0.4, -0.2) is 9.49 Å². The molecule has 1 heterocycles. The molecule has 5 nitrogen and oxygen atoms in total. The highest BCUT2D eigenvalue weighted by atomic mass is 16.6. The summed E-state index contributed by atoms with van der Waals surface area (Å²) in [6, 6.07) is 6.52. The minimum Gasteiger partial charge on any atom is -0.258 e. The first-order chi connectivity index (χ1) is 8.20. The number of imidazole rings is 1. The highest BCUT2D eigenvalue weighted by molar-refractivity contribution is 5.40. The molecular formula is C12H14N3O2+. The third-order valence-corrected chi connectivity index (χ3v) is 2.53. The summed E-state index contributed by atoms with van der Waals surface area (Å²) in [7, 11) is 0. The van der Waals surface area contributed by atoms with E-state index in [0.717, 1.165) is 18.7 Å². The number of benzene rings is 1. The van der Waals surface area contributed by atoms with E-state index in [1.54, 1.807) is 12.1 Å². The van der Waals surface area contributed by atoms with Gasteiger partial charge in [0.15, 0.2) is 0 Å². The normalized spacial score (nSPS) is 10.4. The Kier molecular flexibility index (Phi) is 3.18. The number of nitro groups is 1. The minimum absolute atomic E-state index is 0.113. The average molecular weight is 232 g/mol. The summed E-state index contributed by atoms with van der Waals surface area (Å²) >= 11 is 0. The second kappa shape index (κ2) is 4.78. The van der Waals surface area contributed by atoms with Gasteiger partial charge in [-0.25, -0.2) is 9.13 Å². The van der Waals surface area contributed by atoms with Crippen LogP contribution in [0.15, 0.2) is 43.0 Å². The number of nitrogens with zero attached hydrogens (tertiary/aromatic N) is 3. The Morgan fingerprint density at radius 1 is 1.35 bits per heavy atom. The molecule has 0 atom stereocenters.